The largest absolute Gasteiger partial charge is 0.384 e. The number of aryl methyl sites for hydroxylation is 1. The first-order chi connectivity index (χ1) is 8.11. The fraction of sp³-hybridized carbons (Fsp3) is 0.462. The van der Waals surface area contributed by atoms with Crippen LogP contribution in [0.25, 0.3) is 11.0 Å². The third-order valence-corrected chi connectivity index (χ3v) is 2.88. The van der Waals surface area contributed by atoms with Gasteiger partial charge in [0.2, 0.25) is 5.95 Å². The highest BCUT2D eigenvalue weighted by molar-refractivity contribution is 5.79. The molecule has 0 bridgehead atoms. The summed E-state index contributed by atoms with van der Waals surface area (Å²) in [6.45, 7) is 5.78. The molecule has 0 fully saturated rings. The maximum Gasteiger partial charge on any atom is 0.201 e. The van der Waals surface area contributed by atoms with Crippen LogP contribution in [0.5, 0.6) is 0 Å². The van der Waals surface area contributed by atoms with Crippen molar-refractivity contribution in [1.29, 1.82) is 0 Å². The quantitative estimate of drug-likeness (QED) is 0.880. The van der Waals surface area contributed by atoms with Crippen molar-refractivity contribution in [3.05, 3.63) is 23.8 Å². The lowest BCUT2D eigenvalue weighted by Gasteiger charge is -2.13. The Morgan fingerprint density at radius 1 is 1.47 bits per heavy atom. The first-order valence-corrected chi connectivity index (χ1v) is 5.83. The van der Waals surface area contributed by atoms with Gasteiger partial charge in [-0.15, -0.1) is 0 Å². The lowest BCUT2D eigenvalue weighted by molar-refractivity contribution is 0.152. The van der Waals surface area contributed by atoms with Crippen molar-refractivity contribution in [2.24, 2.45) is 5.92 Å². The minimum atomic E-state index is 0.417. The molecule has 1 aromatic carbocycles. The van der Waals surface area contributed by atoms with Gasteiger partial charge in [0.25, 0.3) is 0 Å². The van der Waals surface area contributed by atoms with E-state index in [0.29, 0.717) is 11.9 Å². The molecule has 1 aromatic heterocycles. The van der Waals surface area contributed by atoms with Gasteiger partial charge in [0, 0.05) is 13.7 Å². The van der Waals surface area contributed by atoms with E-state index in [4.69, 9.17) is 10.5 Å². The third-order valence-electron chi connectivity index (χ3n) is 2.88. The van der Waals surface area contributed by atoms with Crippen LogP contribution in [-0.4, -0.2) is 23.3 Å². The second-order valence-corrected chi connectivity index (χ2v) is 4.63. The monoisotopic (exact) mass is 233 g/mol. The van der Waals surface area contributed by atoms with E-state index in [0.717, 1.165) is 24.2 Å². The molecule has 2 aromatic rings. The summed E-state index contributed by atoms with van der Waals surface area (Å²) < 4.78 is 7.22. The van der Waals surface area contributed by atoms with E-state index in [1.807, 2.05) is 6.07 Å². The molecule has 0 saturated heterocycles. The molecule has 1 heterocycles. The molecule has 2 N–H and O–H groups in total. The second-order valence-electron chi connectivity index (χ2n) is 4.63. The van der Waals surface area contributed by atoms with Gasteiger partial charge < -0.3 is 15.0 Å². The number of rotatable bonds is 4. The SMILES string of the molecule is COCC(C)Cn1c(N)nc2ccc(C)cc21. The van der Waals surface area contributed by atoms with Gasteiger partial charge in [0.15, 0.2) is 0 Å². The van der Waals surface area contributed by atoms with Crippen molar-refractivity contribution in [3.8, 4) is 0 Å². The average molecular weight is 233 g/mol. The normalized spacial score (nSPS) is 13.1. The molecular formula is C13H19N3O. The maximum absolute atomic E-state index is 5.96. The third kappa shape index (κ3) is 2.42. The van der Waals surface area contributed by atoms with Gasteiger partial charge in [-0.25, -0.2) is 4.98 Å². The second kappa shape index (κ2) is 4.75. The molecule has 0 radical (unpaired) electrons. The highest BCUT2D eigenvalue weighted by atomic mass is 16.5. The summed E-state index contributed by atoms with van der Waals surface area (Å²) >= 11 is 0. The maximum atomic E-state index is 5.96. The topological polar surface area (TPSA) is 53.1 Å². The Hall–Kier alpha value is -1.55. The van der Waals surface area contributed by atoms with Crippen molar-refractivity contribution in [1.82, 2.24) is 9.55 Å². The summed E-state index contributed by atoms with van der Waals surface area (Å²) in [5.41, 5.74) is 9.24. The van der Waals surface area contributed by atoms with Gasteiger partial charge in [-0.3, -0.25) is 0 Å². The molecule has 0 aliphatic rings. The molecule has 0 spiro atoms. The van der Waals surface area contributed by atoms with Crippen LogP contribution in [0.3, 0.4) is 0 Å². The predicted octanol–water partition coefficient (Wildman–Crippen LogP) is 2.21. The number of aromatic nitrogens is 2. The number of nitrogen functional groups attached to an aromatic ring is 1. The Morgan fingerprint density at radius 2 is 2.24 bits per heavy atom. The van der Waals surface area contributed by atoms with Gasteiger partial charge in [-0.05, 0) is 30.5 Å². The van der Waals surface area contributed by atoms with Gasteiger partial charge in [-0.1, -0.05) is 13.0 Å². The molecule has 0 saturated carbocycles. The molecule has 4 heteroatoms. The van der Waals surface area contributed by atoms with E-state index >= 15 is 0 Å². The Morgan fingerprint density at radius 3 is 2.94 bits per heavy atom. The molecule has 92 valence electrons. The lowest BCUT2D eigenvalue weighted by atomic mass is 10.2. The molecule has 1 atom stereocenters. The Kier molecular flexibility index (Phi) is 3.33. The zero-order chi connectivity index (χ0) is 12.4. The highest BCUT2D eigenvalue weighted by Crippen LogP contribution is 2.20. The van der Waals surface area contributed by atoms with E-state index in [9.17, 15) is 0 Å². The van der Waals surface area contributed by atoms with Crippen LogP contribution < -0.4 is 5.73 Å². The average Bonchev–Trinajstić information content (AvgIpc) is 2.56. The number of nitrogens with zero attached hydrogens (tertiary/aromatic N) is 2. The van der Waals surface area contributed by atoms with E-state index in [2.05, 4.69) is 35.5 Å². The summed E-state index contributed by atoms with van der Waals surface area (Å²) in [4.78, 5) is 4.37. The fourth-order valence-corrected chi connectivity index (χ4v) is 2.09. The summed E-state index contributed by atoms with van der Waals surface area (Å²) in [6.07, 6.45) is 0. The zero-order valence-electron chi connectivity index (χ0n) is 10.6. The number of ether oxygens (including phenoxy) is 1. The number of hydrogen-bond acceptors (Lipinski definition) is 3. The Labute approximate surface area is 101 Å². The summed E-state index contributed by atoms with van der Waals surface area (Å²) in [5, 5.41) is 0. The van der Waals surface area contributed by atoms with Crippen molar-refractivity contribution in [2.75, 3.05) is 19.5 Å². The van der Waals surface area contributed by atoms with Crippen LogP contribution in [0.4, 0.5) is 5.95 Å². The summed E-state index contributed by atoms with van der Waals surface area (Å²) in [5.74, 6) is 0.994. The van der Waals surface area contributed by atoms with E-state index in [-0.39, 0.29) is 0 Å². The summed E-state index contributed by atoms with van der Waals surface area (Å²) in [7, 11) is 1.72. The first kappa shape index (κ1) is 11.9. The zero-order valence-corrected chi connectivity index (χ0v) is 10.6. The minimum absolute atomic E-state index is 0.417. The van der Waals surface area contributed by atoms with Gasteiger partial charge in [-0.2, -0.15) is 0 Å². The molecule has 17 heavy (non-hydrogen) atoms. The van der Waals surface area contributed by atoms with Crippen molar-refractivity contribution in [3.63, 3.8) is 0 Å². The van der Waals surface area contributed by atoms with Gasteiger partial charge in [0.1, 0.15) is 0 Å². The van der Waals surface area contributed by atoms with Crippen LogP contribution in [0.15, 0.2) is 18.2 Å². The standard InChI is InChI=1S/C13H19N3O/c1-9-4-5-11-12(6-9)16(13(14)15-11)7-10(2)8-17-3/h4-6,10H,7-8H2,1-3H3,(H2,14,15). The van der Waals surface area contributed by atoms with E-state index in [1.165, 1.54) is 5.56 Å². The van der Waals surface area contributed by atoms with Crippen LogP contribution in [0, 0.1) is 12.8 Å². The summed E-state index contributed by atoms with van der Waals surface area (Å²) in [6, 6.07) is 6.19. The minimum Gasteiger partial charge on any atom is -0.384 e. The molecule has 0 aliphatic carbocycles. The van der Waals surface area contributed by atoms with Crippen molar-refractivity contribution >= 4 is 17.0 Å². The molecule has 1 unspecified atom stereocenters. The van der Waals surface area contributed by atoms with E-state index in [1.54, 1.807) is 7.11 Å². The Balaban J connectivity index is 2.38. The highest BCUT2D eigenvalue weighted by Gasteiger charge is 2.11. The number of imidazole rings is 1. The smallest absolute Gasteiger partial charge is 0.201 e. The Bertz CT molecular complexity index is 519. The molecular weight excluding hydrogens is 214 g/mol. The van der Waals surface area contributed by atoms with Crippen molar-refractivity contribution in [2.45, 2.75) is 20.4 Å². The molecule has 0 aliphatic heterocycles. The van der Waals surface area contributed by atoms with Crippen LogP contribution >= 0.6 is 0 Å². The molecule has 4 nitrogen and oxygen atoms in total. The van der Waals surface area contributed by atoms with E-state index < -0.39 is 0 Å². The lowest BCUT2D eigenvalue weighted by Crippen LogP contribution is -2.14. The molecule has 0 amide bonds. The number of fused-ring (bicyclic) bond motifs is 1. The van der Waals surface area contributed by atoms with Gasteiger partial charge in [0.05, 0.1) is 17.6 Å². The predicted molar refractivity (Wildman–Crippen MR) is 69.9 cm³/mol. The number of hydrogen-bond donors (Lipinski definition) is 1. The number of nitrogens with two attached hydrogens (primary N) is 1. The number of anilines is 1. The van der Waals surface area contributed by atoms with Gasteiger partial charge >= 0.3 is 0 Å². The number of methoxy groups -OCH3 is 1. The fourth-order valence-electron chi connectivity index (χ4n) is 2.09. The number of benzene rings is 1. The first-order valence-electron chi connectivity index (χ1n) is 5.83. The van der Waals surface area contributed by atoms with Crippen LogP contribution in [0.2, 0.25) is 0 Å². The van der Waals surface area contributed by atoms with Crippen LogP contribution in [0.1, 0.15) is 12.5 Å². The van der Waals surface area contributed by atoms with Crippen LogP contribution in [-0.2, 0) is 11.3 Å². The van der Waals surface area contributed by atoms with Crippen molar-refractivity contribution < 1.29 is 4.74 Å². The molecule has 2 rings (SSSR count).